The number of hydrogen-bond acceptors (Lipinski definition) is 4. The van der Waals surface area contributed by atoms with Gasteiger partial charge in [0.15, 0.2) is 0 Å². The van der Waals surface area contributed by atoms with Crippen LogP contribution in [-0.4, -0.2) is 17.5 Å². The Balaban J connectivity index is 1.68. The van der Waals surface area contributed by atoms with Gasteiger partial charge in [-0.15, -0.1) is 11.3 Å². The third-order valence-electron chi connectivity index (χ3n) is 3.31. The van der Waals surface area contributed by atoms with Crippen LogP contribution < -0.4 is 10.1 Å². The number of carbonyl (C=O) groups excluding carboxylic acids is 1. The molecule has 1 N–H and O–H groups in total. The standard InChI is InChI=1S/C14H12ClFN2O2S/c15-11-5-9(16)2-1-8(11)6-17-13(19)10-3-4-20-14-12(10)21-7-18-14/h1-2,5,7,10H,3-4,6H2,(H,17,19). The summed E-state index contributed by atoms with van der Waals surface area (Å²) in [6, 6.07) is 4.13. The lowest BCUT2D eigenvalue weighted by Crippen LogP contribution is -2.31. The average molecular weight is 327 g/mol. The smallest absolute Gasteiger partial charge is 0.228 e. The van der Waals surface area contributed by atoms with E-state index in [-0.39, 0.29) is 18.4 Å². The maximum Gasteiger partial charge on any atom is 0.228 e. The fourth-order valence-electron chi connectivity index (χ4n) is 2.21. The molecule has 110 valence electrons. The van der Waals surface area contributed by atoms with Gasteiger partial charge in [0, 0.05) is 11.6 Å². The molecule has 0 saturated carbocycles. The Bertz CT molecular complexity index is 677. The number of aromatic nitrogens is 1. The zero-order chi connectivity index (χ0) is 14.8. The van der Waals surface area contributed by atoms with Crippen molar-refractivity contribution in [2.24, 2.45) is 0 Å². The second kappa shape index (κ2) is 5.99. The van der Waals surface area contributed by atoms with E-state index in [4.69, 9.17) is 16.3 Å². The van der Waals surface area contributed by atoms with Crippen LogP contribution in [0.5, 0.6) is 5.88 Å². The molecule has 7 heteroatoms. The highest BCUT2D eigenvalue weighted by atomic mass is 35.5. The zero-order valence-corrected chi connectivity index (χ0v) is 12.5. The van der Waals surface area contributed by atoms with E-state index in [1.165, 1.54) is 23.5 Å². The number of nitrogens with zero attached hydrogens (tertiary/aromatic N) is 1. The summed E-state index contributed by atoms with van der Waals surface area (Å²) in [5, 5.41) is 3.14. The van der Waals surface area contributed by atoms with Gasteiger partial charge in [0.1, 0.15) is 5.82 Å². The van der Waals surface area contributed by atoms with Gasteiger partial charge in [0.25, 0.3) is 0 Å². The van der Waals surface area contributed by atoms with E-state index in [9.17, 15) is 9.18 Å². The van der Waals surface area contributed by atoms with Crippen molar-refractivity contribution in [2.45, 2.75) is 18.9 Å². The molecule has 1 aliphatic heterocycles. The van der Waals surface area contributed by atoms with Gasteiger partial charge in [0.2, 0.25) is 11.8 Å². The molecule has 1 aromatic carbocycles. The van der Waals surface area contributed by atoms with Crippen LogP contribution in [0.1, 0.15) is 22.8 Å². The number of thiazole rings is 1. The minimum atomic E-state index is -0.395. The third-order valence-corrected chi connectivity index (χ3v) is 4.58. The number of carbonyl (C=O) groups is 1. The van der Waals surface area contributed by atoms with Gasteiger partial charge in [-0.2, -0.15) is 0 Å². The van der Waals surface area contributed by atoms with Crippen LogP contribution in [0.25, 0.3) is 0 Å². The van der Waals surface area contributed by atoms with E-state index in [1.54, 1.807) is 11.6 Å². The molecule has 2 aromatic rings. The summed E-state index contributed by atoms with van der Waals surface area (Å²) < 4.78 is 18.4. The molecule has 0 bridgehead atoms. The molecule has 1 amide bonds. The van der Waals surface area contributed by atoms with Gasteiger partial charge in [-0.05, 0) is 24.1 Å². The summed E-state index contributed by atoms with van der Waals surface area (Å²) >= 11 is 7.36. The lowest BCUT2D eigenvalue weighted by molar-refractivity contribution is -0.123. The number of ether oxygens (including phenoxy) is 1. The predicted octanol–water partition coefficient (Wildman–Crippen LogP) is 3.12. The van der Waals surface area contributed by atoms with Crippen molar-refractivity contribution in [3.8, 4) is 5.88 Å². The quantitative estimate of drug-likeness (QED) is 0.943. The van der Waals surface area contributed by atoms with Crippen LogP contribution in [0, 0.1) is 5.82 Å². The summed E-state index contributed by atoms with van der Waals surface area (Å²) in [5.41, 5.74) is 2.36. The molecule has 1 aliphatic rings. The fourth-order valence-corrected chi connectivity index (χ4v) is 3.31. The van der Waals surface area contributed by atoms with E-state index in [2.05, 4.69) is 10.3 Å². The molecular weight excluding hydrogens is 315 g/mol. The Kier molecular flexibility index (Phi) is 4.07. The van der Waals surface area contributed by atoms with Crippen molar-refractivity contribution in [3.05, 3.63) is 45.0 Å². The van der Waals surface area contributed by atoms with Crippen LogP contribution in [0.3, 0.4) is 0 Å². The Hall–Kier alpha value is -1.66. The highest BCUT2D eigenvalue weighted by Crippen LogP contribution is 2.35. The first-order chi connectivity index (χ1) is 10.1. The van der Waals surface area contributed by atoms with E-state index in [0.717, 1.165) is 4.88 Å². The van der Waals surface area contributed by atoms with Gasteiger partial charge < -0.3 is 10.1 Å². The Morgan fingerprint density at radius 1 is 1.57 bits per heavy atom. The predicted molar refractivity (Wildman–Crippen MR) is 78.2 cm³/mol. The molecule has 0 aliphatic carbocycles. The lowest BCUT2D eigenvalue weighted by atomic mass is 10.0. The summed E-state index contributed by atoms with van der Waals surface area (Å²) in [5.74, 6) is -0.190. The van der Waals surface area contributed by atoms with Crippen LogP contribution in [0.4, 0.5) is 4.39 Å². The van der Waals surface area contributed by atoms with Crippen molar-refractivity contribution < 1.29 is 13.9 Å². The molecule has 0 spiro atoms. The lowest BCUT2D eigenvalue weighted by Gasteiger charge is -2.21. The maximum absolute atomic E-state index is 13.0. The number of benzene rings is 1. The van der Waals surface area contributed by atoms with Gasteiger partial charge in [-0.25, -0.2) is 9.37 Å². The van der Waals surface area contributed by atoms with Crippen molar-refractivity contribution in [1.82, 2.24) is 10.3 Å². The highest BCUT2D eigenvalue weighted by Gasteiger charge is 2.29. The monoisotopic (exact) mass is 326 g/mol. The SMILES string of the molecule is O=C(NCc1ccc(F)cc1Cl)C1CCOc2ncsc21. The molecule has 2 heterocycles. The molecule has 4 nitrogen and oxygen atoms in total. The number of hydrogen-bond donors (Lipinski definition) is 1. The van der Waals surface area contributed by atoms with Crippen LogP contribution in [0.2, 0.25) is 5.02 Å². The maximum atomic E-state index is 13.0. The molecule has 1 aromatic heterocycles. The highest BCUT2D eigenvalue weighted by molar-refractivity contribution is 7.10. The second-order valence-corrected chi connectivity index (χ2v) is 5.96. The van der Waals surface area contributed by atoms with E-state index >= 15 is 0 Å². The van der Waals surface area contributed by atoms with Gasteiger partial charge >= 0.3 is 0 Å². The van der Waals surface area contributed by atoms with Crippen LogP contribution in [0.15, 0.2) is 23.7 Å². The largest absolute Gasteiger partial charge is 0.477 e. The molecule has 3 rings (SSSR count). The van der Waals surface area contributed by atoms with Gasteiger partial charge in [-0.1, -0.05) is 17.7 Å². The molecule has 0 saturated heterocycles. The van der Waals surface area contributed by atoms with Crippen molar-refractivity contribution >= 4 is 28.8 Å². The fraction of sp³-hybridized carbons (Fsp3) is 0.286. The van der Waals surface area contributed by atoms with Crippen LogP contribution in [-0.2, 0) is 11.3 Å². The van der Waals surface area contributed by atoms with E-state index in [1.807, 2.05) is 0 Å². The number of halogens is 2. The first-order valence-corrected chi connectivity index (χ1v) is 7.68. The van der Waals surface area contributed by atoms with Gasteiger partial charge in [0.05, 0.1) is 22.9 Å². The first-order valence-electron chi connectivity index (χ1n) is 6.43. The molecule has 1 unspecified atom stereocenters. The third kappa shape index (κ3) is 3.01. The zero-order valence-electron chi connectivity index (χ0n) is 10.9. The summed E-state index contributed by atoms with van der Waals surface area (Å²) in [6.45, 7) is 0.746. The Labute approximate surface area is 129 Å². The molecule has 0 fully saturated rings. The normalized spacial score (nSPS) is 17.0. The number of fused-ring (bicyclic) bond motifs is 1. The molecule has 1 atom stereocenters. The number of rotatable bonds is 3. The van der Waals surface area contributed by atoms with E-state index < -0.39 is 5.82 Å². The average Bonchev–Trinajstić information content (AvgIpc) is 2.94. The topological polar surface area (TPSA) is 51.2 Å². The van der Waals surface area contributed by atoms with Crippen molar-refractivity contribution in [3.63, 3.8) is 0 Å². The van der Waals surface area contributed by atoms with Crippen LogP contribution >= 0.6 is 22.9 Å². The minimum absolute atomic E-state index is 0.0933. The van der Waals surface area contributed by atoms with Gasteiger partial charge in [-0.3, -0.25) is 4.79 Å². The number of nitrogens with one attached hydrogen (secondary N) is 1. The summed E-state index contributed by atoms with van der Waals surface area (Å²) in [6.07, 6.45) is 0.623. The van der Waals surface area contributed by atoms with Crippen molar-refractivity contribution in [1.29, 1.82) is 0 Å². The molecular formula is C14H12ClFN2O2S. The summed E-state index contributed by atoms with van der Waals surface area (Å²) in [7, 11) is 0. The van der Waals surface area contributed by atoms with E-state index in [0.29, 0.717) is 29.5 Å². The van der Waals surface area contributed by atoms with Crippen molar-refractivity contribution in [2.75, 3.05) is 6.61 Å². The number of amides is 1. The minimum Gasteiger partial charge on any atom is -0.477 e. The second-order valence-electron chi connectivity index (χ2n) is 4.67. The molecule has 0 radical (unpaired) electrons. The summed E-state index contributed by atoms with van der Waals surface area (Å²) in [4.78, 5) is 17.2. The Morgan fingerprint density at radius 2 is 2.43 bits per heavy atom. The Morgan fingerprint density at radius 3 is 3.24 bits per heavy atom. The molecule has 21 heavy (non-hydrogen) atoms. The first kappa shape index (κ1) is 14.3.